The van der Waals surface area contributed by atoms with Crippen LogP contribution in [0.1, 0.15) is 10.5 Å². The Morgan fingerprint density at radius 2 is 1.76 bits per heavy atom. The van der Waals surface area contributed by atoms with Gasteiger partial charge in [-0.05, 0) is 48.5 Å². The van der Waals surface area contributed by atoms with Crippen LogP contribution >= 0.6 is 11.3 Å². The van der Waals surface area contributed by atoms with E-state index < -0.39 is 12.3 Å². The summed E-state index contributed by atoms with van der Waals surface area (Å²) in [7, 11) is 0. The molecule has 4 aromatic rings. The highest BCUT2D eigenvalue weighted by molar-refractivity contribution is 7.15. The zero-order valence-electron chi connectivity index (χ0n) is 14.4. The molecule has 0 fully saturated rings. The summed E-state index contributed by atoms with van der Waals surface area (Å²) in [5.41, 5.74) is 1.90. The van der Waals surface area contributed by atoms with Crippen molar-refractivity contribution in [3.63, 3.8) is 0 Å². The molecule has 0 atom stereocenters. The number of fused-ring (bicyclic) bond motifs is 1. The minimum absolute atomic E-state index is 0.307. The molecule has 0 saturated heterocycles. The third kappa shape index (κ3) is 4.21. The number of imidazole rings is 1. The number of anilines is 1. The van der Waals surface area contributed by atoms with E-state index in [9.17, 15) is 22.4 Å². The Labute approximate surface area is 165 Å². The molecular formula is C19H11F4N3O2S. The van der Waals surface area contributed by atoms with E-state index in [-0.39, 0.29) is 11.6 Å². The summed E-state index contributed by atoms with van der Waals surface area (Å²) >= 11 is 1.25. The first-order valence-corrected chi connectivity index (χ1v) is 9.06. The molecular weight excluding hydrogens is 410 g/mol. The number of carbonyl (C=O) groups is 1. The summed E-state index contributed by atoms with van der Waals surface area (Å²) in [5.74, 6) is -1.20. The lowest BCUT2D eigenvalue weighted by Crippen LogP contribution is -2.17. The van der Waals surface area contributed by atoms with Gasteiger partial charge in [0.2, 0.25) is 0 Å². The number of nitrogens with one attached hydrogen (secondary N) is 1. The van der Waals surface area contributed by atoms with E-state index in [0.717, 1.165) is 12.1 Å². The van der Waals surface area contributed by atoms with Crippen molar-refractivity contribution in [1.29, 1.82) is 0 Å². The van der Waals surface area contributed by atoms with Gasteiger partial charge < -0.3 is 10.1 Å². The van der Waals surface area contributed by atoms with Gasteiger partial charge in [-0.25, -0.2) is 9.37 Å². The van der Waals surface area contributed by atoms with Crippen molar-refractivity contribution in [3.05, 3.63) is 71.6 Å². The highest BCUT2D eigenvalue weighted by Crippen LogP contribution is 2.26. The van der Waals surface area contributed by atoms with Crippen LogP contribution in [0.15, 0.2) is 60.1 Å². The number of carbonyl (C=O) groups excluding carboxylic acids is 1. The van der Waals surface area contributed by atoms with Crippen molar-refractivity contribution in [3.8, 4) is 17.0 Å². The summed E-state index contributed by atoms with van der Waals surface area (Å²) in [6.07, 6.45) is -3.12. The van der Waals surface area contributed by atoms with E-state index in [1.807, 2.05) is 0 Å². The number of hydrogen-bond acceptors (Lipinski definition) is 4. The smallest absolute Gasteiger partial charge is 0.406 e. The highest BCUT2D eigenvalue weighted by Gasteiger charge is 2.31. The highest BCUT2D eigenvalue weighted by atomic mass is 32.1. The van der Waals surface area contributed by atoms with Gasteiger partial charge in [-0.3, -0.25) is 9.20 Å². The number of alkyl halides is 3. The molecule has 29 heavy (non-hydrogen) atoms. The quantitative estimate of drug-likeness (QED) is 0.452. The molecule has 0 unspecified atom stereocenters. The summed E-state index contributed by atoms with van der Waals surface area (Å²) in [5, 5.41) is 4.23. The Hall–Kier alpha value is -3.40. The second-order valence-electron chi connectivity index (χ2n) is 5.93. The van der Waals surface area contributed by atoms with E-state index in [2.05, 4.69) is 15.0 Å². The van der Waals surface area contributed by atoms with Crippen LogP contribution in [0.4, 0.5) is 23.2 Å². The molecule has 148 valence electrons. The lowest BCUT2D eigenvalue weighted by molar-refractivity contribution is -0.274. The Morgan fingerprint density at radius 1 is 1.07 bits per heavy atom. The Kier molecular flexibility index (Phi) is 4.71. The topological polar surface area (TPSA) is 55.6 Å². The number of nitrogens with zero attached hydrogens (tertiary/aromatic N) is 2. The number of benzene rings is 2. The number of ether oxygens (including phenoxy) is 1. The number of rotatable bonds is 4. The zero-order valence-corrected chi connectivity index (χ0v) is 15.2. The Bertz CT molecular complexity index is 1170. The maximum atomic E-state index is 13.1. The molecule has 2 aromatic heterocycles. The van der Waals surface area contributed by atoms with Gasteiger partial charge in [0, 0.05) is 22.8 Å². The van der Waals surface area contributed by atoms with E-state index in [0.29, 0.717) is 27.6 Å². The van der Waals surface area contributed by atoms with Crippen molar-refractivity contribution in [1.82, 2.24) is 9.38 Å². The van der Waals surface area contributed by atoms with Crippen LogP contribution in [0.2, 0.25) is 0 Å². The van der Waals surface area contributed by atoms with Crippen LogP contribution in [0.3, 0.4) is 0 Å². The van der Waals surface area contributed by atoms with Crippen LogP contribution in [0.5, 0.6) is 5.75 Å². The fourth-order valence-corrected chi connectivity index (χ4v) is 3.50. The summed E-state index contributed by atoms with van der Waals surface area (Å²) in [6.45, 7) is 0. The molecule has 10 heteroatoms. The molecule has 0 aliphatic carbocycles. The maximum Gasteiger partial charge on any atom is 0.573 e. The first kappa shape index (κ1) is 18.9. The third-order valence-electron chi connectivity index (χ3n) is 3.93. The lowest BCUT2D eigenvalue weighted by Gasteiger charge is -2.09. The molecule has 2 aromatic carbocycles. The predicted molar refractivity (Wildman–Crippen MR) is 99.5 cm³/mol. The maximum absolute atomic E-state index is 13.1. The number of halogens is 4. The molecule has 1 N–H and O–H groups in total. The van der Waals surface area contributed by atoms with E-state index in [1.165, 1.54) is 35.6 Å². The van der Waals surface area contributed by atoms with E-state index in [1.54, 1.807) is 28.1 Å². The van der Waals surface area contributed by atoms with Gasteiger partial charge in [0.05, 0.1) is 5.69 Å². The molecule has 0 saturated carbocycles. The van der Waals surface area contributed by atoms with Crippen LogP contribution in [0.25, 0.3) is 16.2 Å². The number of aromatic nitrogens is 2. The third-order valence-corrected chi connectivity index (χ3v) is 4.77. The molecule has 0 aliphatic heterocycles. The fraction of sp³-hybridized carbons (Fsp3) is 0.0526. The van der Waals surface area contributed by atoms with Gasteiger partial charge in [-0.2, -0.15) is 0 Å². The van der Waals surface area contributed by atoms with Gasteiger partial charge in [-0.1, -0.05) is 0 Å². The molecule has 5 nitrogen and oxygen atoms in total. The van der Waals surface area contributed by atoms with Crippen LogP contribution in [-0.2, 0) is 0 Å². The molecule has 0 bridgehead atoms. The van der Waals surface area contributed by atoms with Crippen LogP contribution < -0.4 is 10.1 Å². The average molecular weight is 421 g/mol. The molecule has 0 radical (unpaired) electrons. The summed E-state index contributed by atoms with van der Waals surface area (Å²) in [6, 6.07) is 10.6. The molecule has 0 spiro atoms. The van der Waals surface area contributed by atoms with Crippen molar-refractivity contribution in [2.75, 3.05) is 5.32 Å². The van der Waals surface area contributed by atoms with Crippen molar-refractivity contribution in [2.45, 2.75) is 6.36 Å². The van der Waals surface area contributed by atoms with Crippen molar-refractivity contribution >= 4 is 27.9 Å². The van der Waals surface area contributed by atoms with E-state index >= 15 is 0 Å². The number of thiazole rings is 1. The first-order valence-electron chi connectivity index (χ1n) is 8.18. The second kappa shape index (κ2) is 7.21. The van der Waals surface area contributed by atoms with E-state index in [4.69, 9.17) is 0 Å². The molecule has 1 amide bonds. The second-order valence-corrected chi connectivity index (χ2v) is 6.77. The van der Waals surface area contributed by atoms with Gasteiger partial charge >= 0.3 is 6.36 Å². The number of amides is 1. The van der Waals surface area contributed by atoms with Gasteiger partial charge in [0.1, 0.15) is 17.3 Å². The van der Waals surface area contributed by atoms with Gasteiger partial charge in [-0.15, -0.1) is 24.5 Å². The fourth-order valence-electron chi connectivity index (χ4n) is 2.64. The summed E-state index contributed by atoms with van der Waals surface area (Å²) in [4.78, 5) is 17.6. The van der Waals surface area contributed by atoms with Crippen LogP contribution in [0, 0.1) is 5.82 Å². The Morgan fingerprint density at radius 3 is 2.41 bits per heavy atom. The summed E-state index contributed by atoms with van der Waals surface area (Å²) < 4.78 is 55.1. The molecule has 4 rings (SSSR count). The van der Waals surface area contributed by atoms with Crippen LogP contribution in [-0.4, -0.2) is 21.7 Å². The minimum Gasteiger partial charge on any atom is -0.406 e. The molecule has 2 heterocycles. The number of hydrogen-bond donors (Lipinski definition) is 1. The van der Waals surface area contributed by atoms with Crippen molar-refractivity contribution in [2.24, 2.45) is 0 Å². The monoisotopic (exact) mass is 421 g/mol. The first-order chi connectivity index (χ1) is 13.8. The van der Waals surface area contributed by atoms with Gasteiger partial charge in [0.25, 0.3) is 5.91 Å². The minimum atomic E-state index is -4.78. The lowest BCUT2D eigenvalue weighted by atomic mass is 10.2. The Balaban J connectivity index is 1.53. The average Bonchev–Trinajstić information content (AvgIpc) is 3.23. The SMILES string of the molecule is O=C(Nc1ccc(OC(F)(F)F)cc1)c1csc2nc(-c3ccc(F)cc3)cn12. The van der Waals surface area contributed by atoms with Gasteiger partial charge in [0.15, 0.2) is 4.96 Å². The van der Waals surface area contributed by atoms with Crippen molar-refractivity contribution < 1.29 is 27.1 Å². The largest absolute Gasteiger partial charge is 0.573 e. The molecule has 0 aliphatic rings. The zero-order chi connectivity index (χ0) is 20.6. The standard InChI is InChI=1S/C19H11F4N3O2S/c20-12-3-1-11(2-4-12)15-9-26-16(10-29-18(26)25-15)17(27)24-13-5-7-14(8-6-13)28-19(21,22)23/h1-10H,(H,24,27). The normalized spacial score (nSPS) is 11.6. The predicted octanol–water partition coefficient (Wildman–Crippen LogP) is 5.35.